The predicted molar refractivity (Wildman–Crippen MR) is 116 cm³/mol. The first-order chi connectivity index (χ1) is 14.3. The second-order valence-electron chi connectivity index (χ2n) is 8.01. The normalized spacial score (nSPS) is 25.4. The average Bonchev–Trinajstić information content (AvgIpc) is 3.12. The third-order valence-electron chi connectivity index (χ3n) is 6.21. The fourth-order valence-electron chi connectivity index (χ4n) is 5.19. The van der Waals surface area contributed by atoms with Gasteiger partial charge < -0.3 is 19.7 Å². The maximum absolute atomic E-state index is 12.8. The first kappa shape index (κ1) is 19.1. The number of carbonyl (C=O) groups is 1. The van der Waals surface area contributed by atoms with E-state index in [0.717, 1.165) is 48.9 Å². The molecule has 7 nitrogen and oxygen atoms in total. The maximum Gasteiger partial charge on any atom is 0.218 e. The number of carbonyl (C=O) groups excluding carboxylic acids is 1. The number of nitrogens with zero attached hydrogens (tertiary/aromatic N) is 1. The monoisotopic (exact) mass is 426 g/mol. The van der Waals surface area contributed by atoms with Crippen molar-refractivity contribution in [3.05, 3.63) is 51.9 Å². The van der Waals surface area contributed by atoms with Crippen LogP contribution < -0.4 is 10.2 Å². The predicted octanol–water partition coefficient (Wildman–Crippen LogP) is 1.26. The number of phenolic OH excluding ortho intramolecular Hbond substituents is 1. The Labute approximate surface area is 176 Å². The Hall–Kier alpha value is -2.84. The molecule has 3 heterocycles. The number of aromatic hydroxyl groups is 1. The average molecular weight is 427 g/mol. The highest BCUT2D eigenvalue weighted by Crippen LogP contribution is 2.50. The quantitative estimate of drug-likeness (QED) is 0.690. The van der Waals surface area contributed by atoms with Gasteiger partial charge in [-0.3, -0.25) is 13.9 Å². The topological polar surface area (TPSA) is 85.0 Å². The number of hydrogen-bond donors (Lipinski definition) is 3. The van der Waals surface area contributed by atoms with Crippen molar-refractivity contribution in [3.63, 3.8) is 0 Å². The van der Waals surface area contributed by atoms with Gasteiger partial charge >= 0.3 is 0 Å². The standard InChI is InChI=1S/C22H23N3O4S/c1-11(26)23-17-10-15-18-19-13(14-9-12(27)5-6-16(14)25(17)19)7-8-24(2)20(18)21(29-3)22(15)30(4)28/h5-9,17,20,27H,10H2,1-4H3,(H,23,26)/p+1. The van der Waals surface area contributed by atoms with E-state index in [9.17, 15) is 14.1 Å². The minimum atomic E-state index is -1.24. The zero-order chi connectivity index (χ0) is 21.3. The molecule has 0 spiro atoms. The molecule has 156 valence electrons. The molecule has 0 saturated heterocycles. The van der Waals surface area contributed by atoms with E-state index in [4.69, 9.17) is 4.74 Å². The maximum atomic E-state index is 12.8. The molecule has 8 heteroatoms. The number of methoxy groups -OCH3 is 1. The molecule has 4 atom stereocenters. The molecule has 0 bridgehead atoms. The smallest absolute Gasteiger partial charge is 0.218 e. The van der Waals surface area contributed by atoms with Gasteiger partial charge in [0, 0.05) is 42.2 Å². The van der Waals surface area contributed by atoms with Crippen molar-refractivity contribution in [2.75, 3.05) is 20.4 Å². The molecule has 0 fully saturated rings. The van der Waals surface area contributed by atoms with E-state index in [2.05, 4.69) is 29.2 Å². The minimum Gasteiger partial charge on any atom is -0.508 e. The number of nitrogens with one attached hydrogen (secondary N) is 2. The lowest BCUT2D eigenvalue weighted by Gasteiger charge is -2.31. The van der Waals surface area contributed by atoms with Crippen molar-refractivity contribution in [2.45, 2.75) is 25.6 Å². The summed E-state index contributed by atoms with van der Waals surface area (Å²) in [5, 5.41) is 14.1. The van der Waals surface area contributed by atoms with Crippen LogP contribution in [0, 0.1) is 0 Å². The van der Waals surface area contributed by atoms with Crippen LogP contribution in [0.4, 0.5) is 0 Å². The Morgan fingerprint density at radius 2 is 2.17 bits per heavy atom. The Balaban J connectivity index is 1.91. The van der Waals surface area contributed by atoms with Crippen molar-refractivity contribution in [2.24, 2.45) is 0 Å². The molecule has 1 aliphatic carbocycles. The molecular weight excluding hydrogens is 402 g/mol. The van der Waals surface area contributed by atoms with E-state index in [0.29, 0.717) is 6.42 Å². The lowest BCUT2D eigenvalue weighted by molar-refractivity contribution is -0.837. The van der Waals surface area contributed by atoms with E-state index in [1.165, 1.54) is 6.92 Å². The van der Waals surface area contributed by atoms with Gasteiger partial charge in [-0.2, -0.15) is 0 Å². The van der Waals surface area contributed by atoms with E-state index < -0.39 is 10.8 Å². The first-order valence-corrected chi connectivity index (χ1v) is 11.4. The molecule has 2 aliphatic heterocycles. The number of quaternary nitrogens is 1. The van der Waals surface area contributed by atoms with E-state index >= 15 is 0 Å². The summed E-state index contributed by atoms with van der Waals surface area (Å²) in [4.78, 5) is 13.9. The van der Waals surface area contributed by atoms with Gasteiger partial charge in [-0.1, -0.05) is 0 Å². The summed E-state index contributed by atoms with van der Waals surface area (Å²) >= 11 is 0. The lowest BCUT2D eigenvalue weighted by atomic mass is 9.94. The van der Waals surface area contributed by atoms with Crippen LogP contribution in [0.2, 0.25) is 0 Å². The molecule has 2 aromatic rings. The van der Waals surface area contributed by atoms with Crippen LogP contribution in [0.5, 0.6) is 5.75 Å². The Bertz CT molecular complexity index is 1240. The molecular formula is C22H24N3O4S+. The number of amides is 1. The number of phenols is 1. The number of ether oxygens (including phenoxy) is 1. The molecule has 5 rings (SSSR count). The number of fused-ring (bicyclic) bond motifs is 3. The van der Waals surface area contributed by atoms with Crippen LogP contribution in [-0.2, 0) is 20.3 Å². The molecule has 30 heavy (non-hydrogen) atoms. The summed E-state index contributed by atoms with van der Waals surface area (Å²) in [5.41, 5.74) is 5.00. The SMILES string of the molecule is COC1=C(S(C)=O)C2=C3c4c(c5cc(O)ccc5n4C(NC(C)=O)C2)C=C[NH+](C)C13. The molecule has 4 unspecified atom stereocenters. The summed E-state index contributed by atoms with van der Waals surface area (Å²) in [6.45, 7) is 1.50. The van der Waals surface area contributed by atoms with E-state index in [1.807, 2.05) is 6.07 Å². The summed E-state index contributed by atoms with van der Waals surface area (Å²) in [6.07, 6.45) is 6.02. The Morgan fingerprint density at radius 1 is 1.40 bits per heavy atom. The fraction of sp³-hybridized carbons (Fsp3) is 0.318. The zero-order valence-corrected chi connectivity index (χ0v) is 18.1. The number of allylic oxidation sites excluding steroid dienone is 1. The Morgan fingerprint density at radius 3 is 2.83 bits per heavy atom. The third kappa shape index (κ3) is 2.47. The molecule has 3 N–H and O–H groups in total. The van der Waals surface area contributed by atoms with Crippen molar-refractivity contribution in [1.29, 1.82) is 0 Å². The summed E-state index contributed by atoms with van der Waals surface area (Å²) < 4.78 is 20.7. The van der Waals surface area contributed by atoms with Crippen LogP contribution in [0.15, 0.2) is 40.6 Å². The number of benzene rings is 1. The number of rotatable bonds is 3. The largest absolute Gasteiger partial charge is 0.508 e. The molecule has 1 amide bonds. The Kier molecular flexibility index (Phi) is 4.20. The van der Waals surface area contributed by atoms with Crippen molar-refractivity contribution in [3.8, 4) is 5.75 Å². The molecule has 0 saturated carbocycles. The van der Waals surface area contributed by atoms with Crippen molar-refractivity contribution < 1.29 is 23.7 Å². The van der Waals surface area contributed by atoms with Crippen molar-refractivity contribution in [1.82, 2.24) is 9.88 Å². The fourth-order valence-corrected chi connectivity index (χ4v) is 6.22. The van der Waals surface area contributed by atoms with Gasteiger partial charge in [0.2, 0.25) is 5.91 Å². The van der Waals surface area contributed by atoms with Gasteiger partial charge in [-0.15, -0.1) is 0 Å². The highest BCUT2D eigenvalue weighted by Gasteiger charge is 2.48. The third-order valence-corrected chi connectivity index (χ3v) is 7.23. The highest BCUT2D eigenvalue weighted by atomic mass is 32.2. The van der Waals surface area contributed by atoms with Crippen LogP contribution >= 0.6 is 0 Å². The molecule has 1 aromatic carbocycles. The first-order valence-electron chi connectivity index (χ1n) is 9.84. The van der Waals surface area contributed by atoms with Gasteiger partial charge in [-0.25, -0.2) is 0 Å². The number of aromatic nitrogens is 1. The number of hydrogen-bond acceptors (Lipinski definition) is 4. The van der Waals surface area contributed by atoms with Gasteiger partial charge in [0.15, 0.2) is 11.8 Å². The highest BCUT2D eigenvalue weighted by molar-refractivity contribution is 7.88. The van der Waals surface area contributed by atoms with Gasteiger partial charge in [0.25, 0.3) is 0 Å². The van der Waals surface area contributed by atoms with Crippen molar-refractivity contribution >= 4 is 39.3 Å². The summed E-state index contributed by atoms with van der Waals surface area (Å²) in [7, 11) is 2.45. The molecule has 1 aromatic heterocycles. The van der Waals surface area contributed by atoms with E-state index in [-0.39, 0.29) is 23.9 Å². The molecule has 3 aliphatic rings. The zero-order valence-electron chi connectivity index (χ0n) is 17.3. The second kappa shape index (κ2) is 6.58. The van der Waals surface area contributed by atoms with Gasteiger partial charge in [-0.05, 0) is 23.8 Å². The van der Waals surface area contributed by atoms with Crippen LogP contribution in [0.1, 0.15) is 30.8 Å². The van der Waals surface area contributed by atoms with E-state index in [1.54, 1.807) is 25.5 Å². The lowest BCUT2D eigenvalue weighted by Crippen LogP contribution is -3.08. The summed E-state index contributed by atoms with van der Waals surface area (Å²) in [6, 6.07) is 5.20. The second-order valence-corrected chi connectivity index (χ2v) is 9.32. The van der Waals surface area contributed by atoms with Crippen LogP contribution in [0.3, 0.4) is 0 Å². The van der Waals surface area contributed by atoms with Crippen LogP contribution in [0.25, 0.3) is 22.6 Å². The number of likely N-dealkylation sites (N-methyl/N-ethyl adjacent to an activating group) is 1. The van der Waals surface area contributed by atoms with Gasteiger partial charge in [0.05, 0.1) is 47.3 Å². The van der Waals surface area contributed by atoms with Crippen LogP contribution in [-0.4, -0.2) is 46.2 Å². The molecule has 0 radical (unpaired) electrons. The van der Waals surface area contributed by atoms with Gasteiger partial charge in [0.1, 0.15) is 11.9 Å². The minimum absolute atomic E-state index is 0.115. The summed E-state index contributed by atoms with van der Waals surface area (Å²) in [5.74, 6) is 0.785.